The Hall–Kier alpha value is -1.67. The zero-order chi connectivity index (χ0) is 17.6. The molecule has 3 rings (SSSR count). The SMILES string of the molecule is COCC(NC(=O)N1CCCC(Cc2noc(C)n2)C1)C1CCCO1. The molecule has 0 aliphatic carbocycles. The number of amides is 2. The average Bonchev–Trinajstić information content (AvgIpc) is 3.26. The Morgan fingerprint density at radius 3 is 3.00 bits per heavy atom. The molecule has 1 aromatic rings. The number of methoxy groups -OCH3 is 1. The van der Waals surface area contributed by atoms with Crippen molar-refractivity contribution >= 4 is 6.03 Å². The van der Waals surface area contributed by atoms with Gasteiger partial charge in [-0.2, -0.15) is 4.98 Å². The Balaban J connectivity index is 1.53. The lowest BCUT2D eigenvalue weighted by Gasteiger charge is -2.34. The van der Waals surface area contributed by atoms with Crippen LogP contribution in [-0.4, -0.2) is 66.6 Å². The number of carbonyl (C=O) groups is 1. The van der Waals surface area contributed by atoms with Crippen LogP contribution in [0.25, 0.3) is 0 Å². The number of aryl methyl sites for hydroxylation is 1. The summed E-state index contributed by atoms with van der Waals surface area (Å²) >= 11 is 0. The quantitative estimate of drug-likeness (QED) is 0.835. The van der Waals surface area contributed by atoms with Gasteiger partial charge in [-0.15, -0.1) is 0 Å². The Kier molecular flexibility index (Phi) is 6.25. The molecular formula is C17H28N4O4. The average molecular weight is 352 g/mol. The summed E-state index contributed by atoms with van der Waals surface area (Å²) in [6.45, 7) is 4.51. The molecule has 8 heteroatoms. The molecule has 2 fully saturated rings. The topological polar surface area (TPSA) is 89.7 Å². The van der Waals surface area contributed by atoms with Crippen LogP contribution < -0.4 is 5.32 Å². The molecule has 8 nitrogen and oxygen atoms in total. The molecule has 2 amide bonds. The summed E-state index contributed by atoms with van der Waals surface area (Å²) in [5.74, 6) is 1.67. The molecule has 0 bridgehead atoms. The molecule has 2 saturated heterocycles. The maximum absolute atomic E-state index is 12.7. The van der Waals surface area contributed by atoms with Gasteiger partial charge in [0.1, 0.15) is 0 Å². The van der Waals surface area contributed by atoms with Gasteiger partial charge < -0.3 is 24.2 Å². The third-order valence-electron chi connectivity index (χ3n) is 4.92. The van der Waals surface area contributed by atoms with E-state index in [1.54, 1.807) is 14.0 Å². The minimum atomic E-state index is -0.0970. The monoisotopic (exact) mass is 352 g/mol. The van der Waals surface area contributed by atoms with Crippen LogP contribution in [0.15, 0.2) is 4.52 Å². The van der Waals surface area contributed by atoms with E-state index in [1.807, 2.05) is 4.90 Å². The number of hydrogen-bond donors (Lipinski definition) is 1. The lowest BCUT2D eigenvalue weighted by atomic mass is 9.94. The van der Waals surface area contributed by atoms with Crippen LogP contribution in [0.2, 0.25) is 0 Å². The zero-order valence-corrected chi connectivity index (χ0v) is 15.1. The molecule has 25 heavy (non-hydrogen) atoms. The highest BCUT2D eigenvalue weighted by Gasteiger charge is 2.31. The van der Waals surface area contributed by atoms with Gasteiger partial charge in [-0.1, -0.05) is 5.16 Å². The second kappa shape index (κ2) is 8.62. The van der Waals surface area contributed by atoms with E-state index < -0.39 is 0 Å². The summed E-state index contributed by atoms with van der Waals surface area (Å²) in [6.07, 6.45) is 4.86. The molecular weight excluding hydrogens is 324 g/mol. The summed E-state index contributed by atoms with van der Waals surface area (Å²) in [5.41, 5.74) is 0. The van der Waals surface area contributed by atoms with Crippen LogP contribution in [0, 0.1) is 12.8 Å². The van der Waals surface area contributed by atoms with Gasteiger partial charge in [-0.05, 0) is 31.6 Å². The Bertz CT molecular complexity index is 559. The second-order valence-corrected chi connectivity index (χ2v) is 6.95. The molecule has 2 aliphatic rings. The van der Waals surface area contributed by atoms with Crippen molar-refractivity contribution in [2.45, 2.75) is 51.2 Å². The van der Waals surface area contributed by atoms with Crippen molar-refractivity contribution in [2.24, 2.45) is 5.92 Å². The van der Waals surface area contributed by atoms with E-state index in [4.69, 9.17) is 14.0 Å². The molecule has 2 aliphatic heterocycles. The standard InChI is InChI=1S/C17H28N4O4/c1-12-18-16(20-25-12)9-13-5-3-7-21(10-13)17(22)19-14(11-23-2)15-6-4-8-24-15/h13-15H,3-11H2,1-2H3,(H,19,22). The zero-order valence-electron chi connectivity index (χ0n) is 15.1. The first kappa shape index (κ1) is 18.1. The van der Waals surface area contributed by atoms with E-state index in [-0.39, 0.29) is 18.2 Å². The number of rotatable bonds is 6. The maximum atomic E-state index is 12.7. The van der Waals surface area contributed by atoms with Crippen LogP contribution in [0.1, 0.15) is 37.4 Å². The highest BCUT2D eigenvalue weighted by atomic mass is 16.5. The predicted octanol–water partition coefficient (Wildman–Crippen LogP) is 1.54. The number of likely N-dealkylation sites (tertiary alicyclic amines) is 1. The third-order valence-corrected chi connectivity index (χ3v) is 4.92. The largest absolute Gasteiger partial charge is 0.382 e. The van der Waals surface area contributed by atoms with Crippen molar-refractivity contribution in [1.29, 1.82) is 0 Å². The summed E-state index contributed by atoms with van der Waals surface area (Å²) in [7, 11) is 1.65. The number of aromatic nitrogens is 2. The van der Waals surface area contributed by atoms with Crippen LogP contribution in [0.5, 0.6) is 0 Å². The minimum absolute atomic E-state index is 0.0356. The lowest BCUT2D eigenvalue weighted by molar-refractivity contribution is 0.0436. The Morgan fingerprint density at radius 2 is 2.32 bits per heavy atom. The number of nitrogens with one attached hydrogen (secondary N) is 1. The predicted molar refractivity (Wildman–Crippen MR) is 90.2 cm³/mol. The normalized spacial score (nSPS) is 25.1. The summed E-state index contributed by atoms with van der Waals surface area (Å²) in [4.78, 5) is 18.9. The number of piperidine rings is 1. The van der Waals surface area contributed by atoms with Crippen LogP contribution >= 0.6 is 0 Å². The summed E-state index contributed by atoms with van der Waals surface area (Å²) in [5, 5.41) is 7.07. The number of hydrogen-bond acceptors (Lipinski definition) is 6. The first-order chi connectivity index (χ1) is 12.2. The molecule has 0 spiro atoms. The number of nitrogens with zero attached hydrogens (tertiary/aromatic N) is 3. The molecule has 3 heterocycles. The van der Waals surface area contributed by atoms with Crippen LogP contribution in [0.3, 0.4) is 0 Å². The third kappa shape index (κ3) is 4.92. The van der Waals surface area contributed by atoms with Crippen LogP contribution in [0.4, 0.5) is 4.79 Å². The molecule has 0 aromatic carbocycles. The number of urea groups is 1. The van der Waals surface area contributed by atoms with Gasteiger partial charge in [0, 0.05) is 40.2 Å². The maximum Gasteiger partial charge on any atom is 0.317 e. The molecule has 3 atom stereocenters. The van der Waals surface area contributed by atoms with E-state index in [0.29, 0.717) is 25.0 Å². The minimum Gasteiger partial charge on any atom is -0.382 e. The fraction of sp³-hybridized carbons (Fsp3) is 0.824. The van der Waals surface area contributed by atoms with Gasteiger partial charge in [0.25, 0.3) is 0 Å². The Morgan fingerprint density at radius 1 is 1.44 bits per heavy atom. The molecule has 3 unspecified atom stereocenters. The summed E-state index contributed by atoms with van der Waals surface area (Å²) < 4.78 is 16.0. The van der Waals surface area contributed by atoms with Crippen molar-refractivity contribution in [2.75, 3.05) is 33.4 Å². The second-order valence-electron chi connectivity index (χ2n) is 6.95. The van der Waals surface area contributed by atoms with E-state index in [2.05, 4.69) is 15.5 Å². The van der Waals surface area contributed by atoms with Crippen molar-refractivity contribution in [3.8, 4) is 0 Å². The highest BCUT2D eigenvalue weighted by molar-refractivity contribution is 5.74. The van der Waals surface area contributed by atoms with Crippen molar-refractivity contribution in [1.82, 2.24) is 20.4 Å². The summed E-state index contributed by atoms with van der Waals surface area (Å²) in [6, 6.07) is -0.133. The van der Waals surface area contributed by atoms with E-state index in [0.717, 1.165) is 51.1 Å². The first-order valence-corrected chi connectivity index (χ1v) is 9.11. The molecule has 0 saturated carbocycles. The molecule has 0 radical (unpaired) electrons. The van der Waals surface area contributed by atoms with Gasteiger partial charge in [0.2, 0.25) is 5.89 Å². The van der Waals surface area contributed by atoms with E-state index in [1.165, 1.54) is 0 Å². The van der Waals surface area contributed by atoms with Gasteiger partial charge in [0.15, 0.2) is 5.82 Å². The van der Waals surface area contributed by atoms with Crippen molar-refractivity contribution in [3.05, 3.63) is 11.7 Å². The van der Waals surface area contributed by atoms with E-state index >= 15 is 0 Å². The molecule has 1 aromatic heterocycles. The Labute approximate surface area is 148 Å². The smallest absolute Gasteiger partial charge is 0.317 e. The van der Waals surface area contributed by atoms with Gasteiger partial charge in [-0.3, -0.25) is 0 Å². The van der Waals surface area contributed by atoms with Crippen molar-refractivity contribution in [3.63, 3.8) is 0 Å². The van der Waals surface area contributed by atoms with Crippen LogP contribution in [-0.2, 0) is 15.9 Å². The van der Waals surface area contributed by atoms with Gasteiger partial charge in [-0.25, -0.2) is 4.79 Å². The van der Waals surface area contributed by atoms with Gasteiger partial charge in [0.05, 0.1) is 18.8 Å². The fourth-order valence-electron chi connectivity index (χ4n) is 3.69. The van der Waals surface area contributed by atoms with Crippen molar-refractivity contribution < 1.29 is 18.8 Å². The lowest BCUT2D eigenvalue weighted by Crippen LogP contribution is -2.53. The van der Waals surface area contributed by atoms with Gasteiger partial charge >= 0.3 is 6.03 Å². The molecule has 140 valence electrons. The fourth-order valence-corrected chi connectivity index (χ4v) is 3.69. The molecule has 1 N–H and O–H groups in total. The highest BCUT2D eigenvalue weighted by Crippen LogP contribution is 2.21. The number of carbonyl (C=O) groups excluding carboxylic acids is 1. The van der Waals surface area contributed by atoms with E-state index in [9.17, 15) is 4.79 Å². The first-order valence-electron chi connectivity index (χ1n) is 9.11. The number of ether oxygens (including phenoxy) is 2.